The van der Waals surface area contributed by atoms with Crippen molar-refractivity contribution in [1.29, 1.82) is 0 Å². The van der Waals surface area contributed by atoms with E-state index in [1.807, 2.05) is 0 Å². The Morgan fingerprint density at radius 2 is 2.13 bits per heavy atom. The van der Waals surface area contributed by atoms with Crippen LogP contribution in [0.25, 0.3) is 0 Å². The fourth-order valence-corrected chi connectivity index (χ4v) is 2.28. The Morgan fingerprint density at radius 3 is 2.67 bits per heavy atom. The third kappa shape index (κ3) is 2.40. The molecule has 2 rings (SSSR count). The minimum atomic E-state index is -0.477. The first kappa shape index (κ1) is 11.1. The number of aliphatic hydroxyl groups excluding tert-OH is 1. The molecule has 82 valence electrons. The molecule has 1 N–H and O–H groups in total. The van der Waals surface area contributed by atoms with E-state index in [9.17, 15) is 9.50 Å². The van der Waals surface area contributed by atoms with Gasteiger partial charge in [-0.05, 0) is 58.3 Å². The van der Waals surface area contributed by atoms with E-state index < -0.39 is 6.10 Å². The van der Waals surface area contributed by atoms with Crippen LogP contribution in [0.15, 0.2) is 22.7 Å². The number of aliphatic hydroxyl groups is 1. The molecule has 2 atom stereocenters. The summed E-state index contributed by atoms with van der Waals surface area (Å²) < 4.78 is 13.4. The molecular formula is C12H14BrFO. The molecule has 0 spiro atoms. The minimum Gasteiger partial charge on any atom is -0.388 e. The van der Waals surface area contributed by atoms with Gasteiger partial charge in [-0.1, -0.05) is 13.0 Å². The van der Waals surface area contributed by atoms with Crippen molar-refractivity contribution < 1.29 is 9.50 Å². The molecule has 1 aromatic carbocycles. The molecule has 1 aliphatic carbocycles. The lowest BCUT2D eigenvalue weighted by atomic mass is 9.93. The molecule has 0 radical (unpaired) electrons. The lowest BCUT2D eigenvalue weighted by Crippen LogP contribution is -2.11. The first-order chi connectivity index (χ1) is 7.09. The van der Waals surface area contributed by atoms with Crippen LogP contribution < -0.4 is 0 Å². The number of hydrogen-bond acceptors (Lipinski definition) is 1. The highest BCUT2D eigenvalue weighted by Gasteiger charge is 2.33. The summed E-state index contributed by atoms with van der Waals surface area (Å²) in [5.74, 6) is 0.621. The van der Waals surface area contributed by atoms with Crippen LogP contribution in [0.5, 0.6) is 0 Å². The number of benzene rings is 1. The summed E-state index contributed by atoms with van der Waals surface area (Å²) in [5.41, 5.74) is 0.794. The summed E-state index contributed by atoms with van der Waals surface area (Å²) in [6, 6.07) is 4.71. The van der Waals surface area contributed by atoms with E-state index in [1.54, 1.807) is 12.1 Å². The van der Waals surface area contributed by atoms with Crippen LogP contribution >= 0.6 is 15.9 Å². The molecular weight excluding hydrogens is 259 g/mol. The largest absolute Gasteiger partial charge is 0.388 e. The van der Waals surface area contributed by atoms with E-state index in [4.69, 9.17) is 0 Å². The van der Waals surface area contributed by atoms with Gasteiger partial charge in [0.1, 0.15) is 5.82 Å². The van der Waals surface area contributed by atoms with Crippen molar-refractivity contribution in [2.45, 2.75) is 25.9 Å². The van der Waals surface area contributed by atoms with Gasteiger partial charge in [0.15, 0.2) is 0 Å². The summed E-state index contributed by atoms with van der Waals surface area (Å²) in [4.78, 5) is 0. The zero-order valence-electron chi connectivity index (χ0n) is 8.58. The third-order valence-corrected chi connectivity index (χ3v) is 3.76. The summed E-state index contributed by atoms with van der Waals surface area (Å²) in [7, 11) is 0. The molecule has 3 heteroatoms. The van der Waals surface area contributed by atoms with Crippen LogP contribution in [-0.4, -0.2) is 5.11 Å². The molecule has 15 heavy (non-hydrogen) atoms. The monoisotopic (exact) mass is 272 g/mol. The van der Waals surface area contributed by atoms with Crippen LogP contribution in [0, 0.1) is 17.7 Å². The highest BCUT2D eigenvalue weighted by atomic mass is 79.9. The normalized spacial score (nSPS) is 20.0. The van der Waals surface area contributed by atoms with Gasteiger partial charge in [0.05, 0.1) is 10.6 Å². The van der Waals surface area contributed by atoms with Gasteiger partial charge in [-0.15, -0.1) is 0 Å². The maximum atomic E-state index is 13.0. The molecule has 0 amide bonds. The van der Waals surface area contributed by atoms with Crippen molar-refractivity contribution in [3.63, 3.8) is 0 Å². The van der Waals surface area contributed by atoms with Crippen LogP contribution in [0.3, 0.4) is 0 Å². The first-order valence-electron chi connectivity index (χ1n) is 5.22. The Kier molecular flexibility index (Phi) is 3.12. The van der Waals surface area contributed by atoms with E-state index in [0.29, 0.717) is 10.4 Å². The molecule has 1 saturated carbocycles. The molecule has 1 aromatic rings. The zero-order chi connectivity index (χ0) is 11.0. The van der Waals surface area contributed by atoms with Crippen molar-refractivity contribution >= 4 is 15.9 Å². The molecule has 2 unspecified atom stereocenters. The lowest BCUT2D eigenvalue weighted by molar-refractivity contribution is 0.106. The standard InChI is InChI=1S/C12H14BrFO/c1-7(8-2-3-8)12(15)9-4-5-11(14)10(13)6-9/h4-8,12,15H,2-3H2,1H3. The number of halogens is 2. The van der Waals surface area contributed by atoms with E-state index in [2.05, 4.69) is 22.9 Å². The van der Waals surface area contributed by atoms with Gasteiger partial charge < -0.3 is 5.11 Å². The second kappa shape index (κ2) is 4.22. The Labute approximate surface area is 97.4 Å². The van der Waals surface area contributed by atoms with E-state index >= 15 is 0 Å². The molecule has 1 fully saturated rings. The predicted molar refractivity (Wildman–Crippen MR) is 60.9 cm³/mol. The van der Waals surface area contributed by atoms with Gasteiger partial charge in [-0.25, -0.2) is 4.39 Å². The molecule has 0 aromatic heterocycles. The first-order valence-corrected chi connectivity index (χ1v) is 6.02. The van der Waals surface area contributed by atoms with Crippen molar-refractivity contribution in [3.8, 4) is 0 Å². The highest BCUT2D eigenvalue weighted by Crippen LogP contribution is 2.42. The number of rotatable bonds is 3. The predicted octanol–water partition coefficient (Wildman–Crippen LogP) is 3.67. The average molecular weight is 273 g/mol. The van der Waals surface area contributed by atoms with E-state index in [0.717, 1.165) is 5.56 Å². The topological polar surface area (TPSA) is 20.2 Å². The number of hydrogen-bond donors (Lipinski definition) is 1. The van der Waals surface area contributed by atoms with Crippen LogP contribution in [0.1, 0.15) is 31.4 Å². The SMILES string of the molecule is CC(C1CC1)C(O)c1ccc(F)c(Br)c1. The second-order valence-electron chi connectivity index (χ2n) is 4.31. The van der Waals surface area contributed by atoms with Gasteiger partial charge in [-0.3, -0.25) is 0 Å². The molecule has 0 saturated heterocycles. The van der Waals surface area contributed by atoms with Crippen LogP contribution in [0.4, 0.5) is 4.39 Å². The van der Waals surface area contributed by atoms with E-state index in [-0.39, 0.29) is 11.7 Å². The Morgan fingerprint density at radius 1 is 1.47 bits per heavy atom. The smallest absolute Gasteiger partial charge is 0.137 e. The fourth-order valence-electron chi connectivity index (χ4n) is 1.88. The highest BCUT2D eigenvalue weighted by molar-refractivity contribution is 9.10. The van der Waals surface area contributed by atoms with Crippen LogP contribution in [0.2, 0.25) is 0 Å². The van der Waals surface area contributed by atoms with Crippen molar-refractivity contribution in [2.75, 3.05) is 0 Å². The molecule has 1 aliphatic rings. The summed E-state index contributed by atoms with van der Waals surface area (Å²) in [6.07, 6.45) is 1.94. The average Bonchev–Trinajstić information content (AvgIpc) is 3.03. The Bertz CT molecular complexity index is 363. The molecule has 0 heterocycles. The molecule has 1 nitrogen and oxygen atoms in total. The molecule has 0 bridgehead atoms. The Balaban J connectivity index is 2.17. The maximum Gasteiger partial charge on any atom is 0.137 e. The van der Waals surface area contributed by atoms with Gasteiger partial charge in [0, 0.05) is 0 Å². The Hall–Kier alpha value is -0.410. The third-order valence-electron chi connectivity index (χ3n) is 3.15. The van der Waals surface area contributed by atoms with Crippen LogP contribution in [-0.2, 0) is 0 Å². The molecule has 0 aliphatic heterocycles. The van der Waals surface area contributed by atoms with Gasteiger partial charge >= 0.3 is 0 Å². The summed E-state index contributed by atoms with van der Waals surface area (Å²) in [5, 5.41) is 10.1. The fraction of sp³-hybridized carbons (Fsp3) is 0.500. The van der Waals surface area contributed by atoms with Gasteiger partial charge in [0.2, 0.25) is 0 Å². The lowest BCUT2D eigenvalue weighted by Gasteiger charge is -2.18. The van der Waals surface area contributed by atoms with Crippen molar-refractivity contribution in [3.05, 3.63) is 34.1 Å². The van der Waals surface area contributed by atoms with Crippen molar-refractivity contribution in [1.82, 2.24) is 0 Å². The van der Waals surface area contributed by atoms with Gasteiger partial charge in [-0.2, -0.15) is 0 Å². The quantitative estimate of drug-likeness (QED) is 0.890. The van der Waals surface area contributed by atoms with Crippen molar-refractivity contribution in [2.24, 2.45) is 11.8 Å². The zero-order valence-corrected chi connectivity index (χ0v) is 10.2. The van der Waals surface area contributed by atoms with Gasteiger partial charge in [0.25, 0.3) is 0 Å². The summed E-state index contributed by atoms with van der Waals surface area (Å²) >= 11 is 3.13. The second-order valence-corrected chi connectivity index (χ2v) is 5.17. The minimum absolute atomic E-state index is 0.266. The maximum absolute atomic E-state index is 13.0. The summed E-state index contributed by atoms with van der Waals surface area (Å²) in [6.45, 7) is 2.06. The van der Waals surface area contributed by atoms with E-state index in [1.165, 1.54) is 18.9 Å².